The third-order valence-electron chi connectivity index (χ3n) is 17.5. The number of unbranched alkanes of at least 4 members (excludes halogenated alkanes) is 7. The molecule has 0 spiro atoms. The monoisotopic (exact) mass is 1380 g/mol. The first-order valence-corrected chi connectivity index (χ1v) is 33.3. The van der Waals surface area contributed by atoms with Crippen LogP contribution >= 0.6 is 0 Å². The molecule has 10 rings (SSSR count). The van der Waals surface area contributed by atoms with Crippen molar-refractivity contribution in [1.82, 2.24) is 4.58 Å². The molecule has 0 unspecified atom stereocenters. The molecule has 0 aromatic heterocycles. The van der Waals surface area contributed by atoms with Gasteiger partial charge in [-0.3, -0.25) is 20.2 Å². The van der Waals surface area contributed by atoms with E-state index in [1.807, 2.05) is 18.2 Å². The third-order valence-corrected chi connectivity index (χ3v) is 17.5. The third kappa shape index (κ3) is 17.6. The zero-order valence-electron chi connectivity index (χ0n) is 57.6. The van der Waals surface area contributed by atoms with Crippen molar-refractivity contribution < 1.29 is 71.5 Å². The fourth-order valence-corrected chi connectivity index (χ4v) is 12.6. The van der Waals surface area contributed by atoms with Gasteiger partial charge in [-0.05, 0) is 150 Å². The van der Waals surface area contributed by atoms with E-state index in [0.29, 0.717) is 36.1 Å². The van der Waals surface area contributed by atoms with Gasteiger partial charge in [0.15, 0.2) is 5.54 Å². The van der Waals surface area contributed by atoms with Crippen LogP contribution in [0.25, 0.3) is 16.7 Å². The van der Waals surface area contributed by atoms with Crippen LogP contribution in [0.5, 0.6) is 46.0 Å². The minimum absolute atomic E-state index is 0. The van der Waals surface area contributed by atoms with Gasteiger partial charge in [-0.1, -0.05) is 90.0 Å². The molecule has 1 radical (unpaired) electrons. The van der Waals surface area contributed by atoms with E-state index in [9.17, 15) is 55.7 Å². The van der Waals surface area contributed by atoms with Crippen LogP contribution in [-0.4, -0.2) is 77.2 Å². The van der Waals surface area contributed by atoms with Crippen LogP contribution in [0.3, 0.4) is 0 Å². The van der Waals surface area contributed by atoms with E-state index in [-0.39, 0.29) is 102 Å². The number of azo groups is 2. The number of fused-ring (bicyclic) bond motifs is 4. The zero-order valence-corrected chi connectivity index (χ0v) is 58.6. The molecule has 3 heterocycles. The zero-order chi connectivity index (χ0) is 70.5. The number of allylic oxidation sites excluding steroid dienone is 2. The number of aromatic hydroxyl groups is 6. The molecule has 0 aliphatic carbocycles. The number of phenolic OH excluding ortho intramolecular Hbond substituents is 6. The van der Waals surface area contributed by atoms with E-state index in [0.717, 1.165) is 147 Å². The number of phenols is 6. The second-order valence-electron chi connectivity index (χ2n) is 25.5. The summed E-state index contributed by atoms with van der Waals surface area (Å²) in [6.45, 7) is 26.3. The van der Waals surface area contributed by atoms with E-state index < -0.39 is 9.85 Å². The topological polar surface area (TPSA) is 299 Å². The van der Waals surface area contributed by atoms with E-state index in [1.54, 1.807) is 0 Å². The predicted octanol–water partition coefficient (Wildman–Crippen LogP) is 18.2. The first-order chi connectivity index (χ1) is 46.2. The number of non-ortho nitro benzene ring substituents is 2. The molecule has 0 saturated heterocycles. The van der Waals surface area contributed by atoms with Crippen LogP contribution in [0.1, 0.15) is 184 Å². The van der Waals surface area contributed by atoms with E-state index in [2.05, 4.69) is 149 Å². The molecular weight excluding hydrogens is 1290 g/mol. The van der Waals surface area contributed by atoms with Gasteiger partial charge in [-0.25, -0.2) is 9.37 Å². The molecule has 3 aliphatic rings. The average Bonchev–Trinajstić information content (AvgIpc) is 0.722. The van der Waals surface area contributed by atoms with Crippen molar-refractivity contribution in [2.24, 2.45) is 20.5 Å². The maximum absolute atomic E-state index is 13.6. The number of hydrogen-bond donors (Lipinski definition) is 6. The number of carbonyl (C=O) groups is 1. The number of aryl methyl sites for hydroxylation is 2. The Morgan fingerprint density at radius 1 is 0.551 bits per heavy atom. The van der Waals surface area contributed by atoms with Crippen LogP contribution in [0, 0.1) is 20.2 Å². The summed E-state index contributed by atoms with van der Waals surface area (Å²) in [5, 5.41) is 98.3. The molecule has 519 valence electrons. The number of esters is 1. The number of ether oxygens (including phenoxy) is 2. The molecule has 6 N–H and O–H groups in total. The number of carbonyl (C=O) groups excluding carboxylic acids is 1. The molecular formula is C76H89CoN8O13+. The van der Waals surface area contributed by atoms with E-state index in [1.165, 1.54) is 57.6 Å². The van der Waals surface area contributed by atoms with Crippen molar-refractivity contribution in [3.8, 4) is 46.0 Å². The van der Waals surface area contributed by atoms with Gasteiger partial charge in [0.2, 0.25) is 5.36 Å². The summed E-state index contributed by atoms with van der Waals surface area (Å²) >= 11 is 0. The Morgan fingerprint density at radius 2 is 1.06 bits per heavy atom. The SMILES string of the molecule is CCCCCCc1cc(N=Nc2cc([N+](=O)[O-])ccc2O)c(O)cc1O.CCCCCCc1cc(N=Nc2cc([N+](=O)[O-])ccc2O)c(O)cc1O.CCCCOC(=O)c1ccccc1C1=c2cc3c(cc2Oc2cc4c(cc21)C(C)=CC(C)(C)N4CC)=[N+](CC)C(C)(C)C=C3C.[Co]. The second-order valence-corrected chi connectivity index (χ2v) is 25.5. The van der Waals surface area contributed by atoms with Crippen LogP contribution in [0.4, 0.5) is 39.8 Å². The first-order valence-electron chi connectivity index (χ1n) is 33.3. The molecule has 98 heavy (non-hydrogen) atoms. The van der Waals surface area contributed by atoms with Gasteiger partial charge in [0.25, 0.3) is 11.4 Å². The molecule has 0 fully saturated rings. The number of likely N-dealkylation sites (N-methyl/N-ethyl adjacent to an activating group) is 2. The van der Waals surface area contributed by atoms with Gasteiger partial charge >= 0.3 is 5.97 Å². The molecule has 0 atom stereocenters. The van der Waals surface area contributed by atoms with Crippen LogP contribution < -0.4 is 24.8 Å². The molecule has 22 heteroatoms. The minimum atomic E-state index is -0.606. The largest absolute Gasteiger partial charge is 0.508 e. The average molecular weight is 1380 g/mol. The Hall–Kier alpha value is -9.93. The predicted molar refractivity (Wildman–Crippen MR) is 379 cm³/mol. The van der Waals surface area contributed by atoms with Crippen molar-refractivity contribution in [2.45, 2.75) is 164 Å². The first kappa shape index (κ1) is 75.4. The standard InChI is InChI=1S/C40H47N2O3.2C18H21N3O5.Co/c1-10-13-18-44-38(43)28-17-15-14-16-27(28)37-31-19-29-25(4)23-39(6,7)41(11-2)33(29)21-35(31)45-36-22-34-30(20-32(36)37)26(5)24-40(8,9)42(34)12-3;2*1-2-3-4-5-6-12-9-14(18(24)11-17(12)23)19-20-15-10-13(21(25)26)7-8-16(15)22;/h14-17,19-24H,10-13,18H2,1-9H3;2*7-11,22-24H,2-6H2,1H3;/q+1;;;. The quantitative estimate of drug-likeness (QED) is 0.00867. The van der Waals surface area contributed by atoms with Gasteiger partial charge in [-0.15, -0.1) is 20.5 Å². The van der Waals surface area contributed by atoms with Gasteiger partial charge in [-0.2, -0.15) is 0 Å². The van der Waals surface area contributed by atoms with Crippen molar-refractivity contribution in [3.05, 3.63) is 191 Å². The number of nitro groups is 2. The maximum Gasteiger partial charge on any atom is 0.338 e. The number of rotatable bonds is 23. The Kier molecular flexibility index (Phi) is 25.7. The Bertz CT molecular complexity index is 4250. The fraction of sp³-hybridized carbons (Fsp3) is 0.368. The minimum Gasteiger partial charge on any atom is -0.508 e. The molecule has 7 aromatic rings. The van der Waals surface area contributed by atoms with Gasteiger partial charge < -0.3 is 45.0 Å². The summed E-state index contributed by atoms with van der Waals surface area (Å²) < 4.78 is 15.1. The van der Waals surface area contributed by atoms with Crippen molar-refractivity contribution in [2.75, 3.05) is 24.6 Å². The van der Waals surface area contributed by atoms with Crippen molar-refractivity contribution in [3.63, 3.8) is 0 Å². The normalized spacial score (nSPS) is 13.8. The number of hydrogen-bond acceptors (Lipinski definition) is 18. The molecule has 0 amide bonds. The smallest absolute Gasteiger partial charge is 0.338 e. The molecule has 21 nitrogen and oxygen atoms in total. The number of nitrogens with zero attached hydrogens (tertiary/aromatic N) is 8. The fourth-order valence-electron chi connectivity index (χ4n) is 12.6. The summed E-state index contributed by atoms with van der Waals surface area (Å²) in [4.78, 5) is 36.4. The van der Waals surface area contributed by atoms with E-state index in [4.69, 9.17) is 9.47 Å². The van der Waals surface area contributed by atoms with Gasteiger partial charge in [0.1, 0.15) is 75.3 Å². The summed E-state index contributed by atoms with van der Waals surface area (Å²) in [6, 6.07) is 29.1. The summed E-state index contributed by atoms with van der Waals surface area (Å²) in [5.41, 5.74) is 10.1. The summed E-state index contributed by atoms with van der Waals surface area (Å²) in [6.07, 6.45) is 16.1. The van der Waals surface area contributed by atoms with E-state index >= 15 is 0 Å². The molecule has 0 saturated carbocycles. The number of benzene rings is 7. The van der Waals surface area contributed by atoms with Crippen molar-refractivity contribution >= 4 is 62.5 Å². The Labute approximate surface area is 582 Å². The van der Waals surface area contributed by atoms with Gasteiger partial charge in [0, 0.05) is 113 Å². The summed E-state index contributed by atoms with van der Waals surface area (Å²) in [5.74, 6) is 0.213. The van der Waals surface area contributed by atoms with Crippen LogP contribution in [0.15, 0.2) is 142 Å². The second kappa shape index (κ2) is 33.3. The Balaban J connectivity index is 0.000000220. The Morgan fingerprint density at radius 3 is 1.56 bits per heavy atom. The van der Waals surface area contributed by atoms with Gasteiger partial charge in [0.05, 0.1) is 33.6 Å². The number of nitro benzene ring substituents is 2. The van der Waals surface area contributed by atoms with Crippen LogP contribution in [0.2, 0.25) is 0 Å². The molecule has 0 bridgehead atoms. The van der Waals surface area contributed by atoms with Crippen LogP contribution in [-0.2, 0) is 34.4 Å². The maximum atomic E-state index is 13.6. The number of anilines is 1. The summed E-state index contributed by atoms with van der Waals surface area (Å²) in [7, 11) is 0. The molecule has 7 aromatic carbocycles. The molecule has 3 aliphatic heterocycles. The van der Waals surface area contributed by atoms with Crippen molar-refractivity contribution in [1.29, 1.82) is 0 Å².